The molecule has 0 radical (unpaired) electrons. The van der Waals surface area contributed by atoms with Gasteiger partial charge in [0.25, 0.3) is 0 Å². The Morgan fingerprint density at radius 3 is 2.66 bits per heavy atom. The van der Waals surface area contributed by atoms with Crippen molar-refractivity contribution in [3.63, 3.8) is 0 Å². The third-order valence-electron chi connectivity index (χ3n) is 4.82. The molecule has 0 bridgehead atoms. The Bertz CT molecular complexity index is 734. The molecular formula is C23H33ClN2O3. The van der Waals surface area contributed by atoms with Crippen LogP contribution in [0.5, 0.6) is 11.5 Å². The molecular weight excluding hydrogens is 388 g/mol. The monoisotopic (exact) mass is 420 g/mol. The molecule has 1 aromatic rings. The minimum Gasteiger partial charge on any atom is -0.493 e. The molecule has 0 saturated carbocycles. The fourth-order valence-electron chi connectivity index (χ4n) is 3.17. The molecule has 1 aliphatic heterocycles. The van der Waals surface area contributed by atoms with Crippen molar-refractivity contribution in [2.45, 2.75) is 46.1 Å². The lowest BCUT2D eigenvalue weighted by Crippen LogP contribution is -2.44. The smallest absolute Gasteiger partial charge is 0.244 e. The molecule has 6 heteroatoms. The number of halogens is 1. The lowest BCUT2D eigenvalue weighted by Gasteiger charge is -2.31. The number of likely N-dealkylation sites (tertiary alicyclic amines) is 1. The highest BCUT2D eigenvalue weighted by atomic mass is 35.5. The number of nitrogens with one attached hydrogen (secondary N) is 1. The number of nitrogens with zero attached hydrogens (tertiary/aromatic N) is 1. The molecule has 5 nitrogen and oxygen atoms in total. The van der Waals surface area contributed by atoms with E-state index in [2.05, 4.69) is 30.1 Å². The second-order valence-electron chi connectivity index (χ2n) is 7.58. The van der Waals surface area contributed by atoms with Gasteiger partial charge >= 0.3 is 0 Å². The third-order valence-corrected chi connectivity index (χ3v) is 5.10. The fraction of sp³-hybridized carbons (Fsp3) is 0.522. The second-order valence-corrected chi connectivity index (χ2v) is 7.99. The first-order valence-corrected chi connectivity index (χ1v) is 10.6. The van der Waals surface area contributed by atoms with Crippen LogP contribution in [0.3, 0.4) is 0 Å². The van der Waals surface area contributed by atoms with Gasteiger partial charge in [0.1, 0.15) is 0 Å². The zero-order valence-corrected chi connectivity index (χ0v) is 18.7. The predicted octanol–water partition coefficient (Wildman–Crippen LogP) is 4.70. The standard InChI is InChI=1S/C23H33ClN2O3/c1-5-14-29-23-20(24)15-18(16-21(23)28-4)6-7-22(27)25-19-9-12-26(13-10-19)11-8-17(2)3/h6-8,15-16,19H,5,9-14H2,1-4H3,(H,25,27)/b7-6+. The van der Waals surface area contributed by atoms with E-state index in [1.807, 2.05) is 13.0 Å². The van der Waals surface area contributed by atoms with Gasteiger partial charge in [-0.2, -0.15) is 0 Å². The van der Waals surface area contributed by atoms with Gasteiger partial charge in [-0.3, -0.25) is 9.69 Å². The van der Waals surface area contributed by atoms with Gasteiger partial charge < -0.3 is 14.8 Å². The Hall–Kier alpha value is -1.98. The highest BCUT2D eigenvalue weighted by molar-refractivity contribution is 6.32. The largest absolute Gasteiger partial charge is 0.493 e. The van der Waals surface area contributed by atoms with Gasteiger partial charge in [-0.1, -0.05) is 30.2 Å². The van der Waals surface area contributed by atoms with Crippen LogP contribution in [-0.4, -0.2) is 50.2 Å². The number of rotatable bonds is 9. The summed E-state index contributed by atoms with van der Waals surface area (Å²) in [7, 11) is 1.58. The molecule has 1 aliphatic rings. The first kappa shape index (κ1) is 23.3. The van der Waals surface area contributed by atoms with Gasteiger partial charge in [-0.05, 0) is 56.9 Å². The first-order chi connectivity index (χ1) is 13.9. The summed E-state index contributed by atoms with van der Waals surface area (Å²) >= 11 is 6.33. The Morgan fingerprint density at radius 1 is 1.31 bits per heavy atom. The number of piperidine rings is 1. The SMILES string of the molecule is CCCOc1c(Cl)cc(/C=C/C(=O)NC2CCN(CC=C(C)C)CC2)cc1OC. The van der Waals surface area contributed by atoms with Crippen molar-refractivity contribution in [2.24, 2.45) is 0 Å². The van der Waals surface area contributed by atoms with E-state index >= 15 is 0 Å². The zero-order valence-electron chi connectivity index (χ0n) is 18.0. The molecule has 29 heavy (non-hydrogen) atoms. The molecule has 0 atom stereocenters. The number of ether oxygens (including phenoxy) is 2. The van der Waals surface area contributed by atoms with Gasteiger partial charge in [0, 0.05) is 31.8 Å². The van der Waals surface area contributed by atoms with Crippen LogP contribution in [0, 0.1) is 0 Å². The van der Waals surface area contributed by atoms with Crippen LogP contribution in [-0.2, 0) is 4.79 Å². The van der Waals surface area contributed by atoms with Crippen molar-refractivity contribution in [3.05, 3.63) is 40.4 Å². The maximum absolute atomic E-state index is 12.3. The first-order valence-electron chi connectivity index (χ1n) is 10.3. The van der Waals surface area contributed by atoms with E-state index in [-0.39, 0.29) is 11.9 Å². The minimum atomic E-state index is -0.0888. The molecule has 0 unspecified atom stereocenters. The minimum absolute atomic E-state index is 0.0888. The van der Waals surface area contributed by atoms with Crippen LogP contribution in [0.1, 0.15) is 45.6 Å². The molecule has 1 aromatic carbocycles. The van der Waals surface area contributed by atoms with E-state index in [9.17, 15) is 4.79 Å². The topological polar surface area (TPSA) is 50.8 Å². The van der Waals surface area contributed by atoms with Crippen molar-refractivity contribution in [2.75, 3.05) is 33.4 Å². The van der Waals surface area contributed by atoms with Gasteiger partial charge in [0.05, 0.1) is 18.7 Å². The fourth-order valence-corrected chi connectivity index (χ4v) is 3.45. The van der Waals surface area contributed by atoms with Crippen LogP contribution < -0.4 is 14.8 Å². The van der Waals surface area contributed by atoms with E-state index in [0.717, 1.165) is 44.5 Å². The summed E-state index contributed by atoms with van der Waals surface area (Å²) in [6.45, 7) is 9.84. The van der Waals surface area contributed by atoms with Crippen molar-refractivity contribution >= 4 is 23.6 Å². The summed E-state index contributed by atoms with van der Waals surface area (Å²) in [5.74, 6) is 1.02. The Balaban J connectivity index is 1.89. The molecule has 1 N–H and O–H groups in total. The van der Waals surface area contributed by atoms with Crippen molar-refractivity contribution in [1.82, 2.24) is 10.2 Å². The molecule has 1 amide bonds. The second kappa shape index (κ2) is 11.9. The predicted molar refractivity (Wildman–Crippen MR) is 120 cm³/mol. The molecule has 1 fully saturated rings. The Labute approximate surface area is 179 Å². The summed E-state index contributed by atoms with van der Waals surface area (Å²) in [5.41, 5.74) is 2.13. The molecule has 1 heterocycles. The quantitative estimate of drug-likeness (QED) is 0.464. The highest BCUT2D eigenvalue weighted by Gasteiger charge is 2.19. The maximum atomic E-state index is 12.3. The maximum Gasteiger partial charge on any atom is 0.244 e. The van der Waals surface area contributed by atoms with Gasteiger partial charge in [0.15, 0.2) is 11.5 Å². The van der Waals surface area contributed by atoms with Crippen LogP contribution in [0.25, 0.3) is 6.08 Å². The van der Waals surface area contributed by atoms with E-state index in [4.69, 9.17) is 21.1 Å². The van der Waals surface area contributed by atoms with Crippen molar-refractivity contribution in [1.29, 1.82) is 0 Å². The van der Waals surface area contributed by atoms with Crippen LogP contribution in [0.2, 0.25) is 5.02 Å². The number of methoxy groups -OCH3 is 1. The number of benzene rings is 1. The van der Waals surface area contributed by atoms with Gasteiger partial charge in [-0.25, -0.2) is 0 Å². The average Bonchev–Trinajstić information content (AvgIpc) is 2.70. The number of allylic oxidation sites excluding steroid dienone is 1. The summed E-state index contributed by atoms with van der Waals surface area (Å²) in [4.78, 5) is 14.7. The summed E-state index contributed by atoms with van der Waals surface area (Å²) in [6.07, 6.45) is 8.37. The molecule has 0 aliphatic carbocycles. The summed E-state index contributed by atoms with van der Waals surface area (Å²) in [5, 5.41) is 3.57. The van der Waals surface area contributed by atoms with Gasteiger partial charge in [-0.15, -0.1) is 0 Å². The lowest BCUT2D eigenvalue weighted by atomic mass is 10.0. The van der Waals surface area contributed by atoms with Crippen molar-refractivity contribution < 1.29 is 14.3 Å². The van der Waals surface area contributed by atoms with E-state index in [0.29, 0.717) is 23.1 Å². The van der Waals surface area contributed by atoms with Gasteiger partial charge in [0.2, 0.25) is 5.91 Å². The third kappa shape index (κ3) is 7.75. The molecule has 2 rings (SSSR count). The number of amides is 1. The number of carbonyl (C=O) groups is 1. The zero-order chi connectivity index (χ0) is 21.2. The number of carbonyl (C=O) groups excluding carboxylic acids is 1. The number of hydrogen-bond donors (Lipinski definition) is 1. The molecule has 160 valence electrons. The molecule has 0 aromatic heterocycles. The summed E-state index contributed by atoms with van der Waals surface area (Å²) in [6, 6.07) is 3.82. The van der Waals surface area contributed by atoms with E-state index in [1.54, 1.807) is 25.3 Å². The number of hydrogen-bond acceptors (Lipinski definition) is 4. The normalized spacial score (nSPS) is 15.3. The van der Waals surface area contributed by atoms with Crippen LogP contribution in [0.15, 0.2) is 29.9 Å². The molecule has 0 spiro atoms. The molecule has 1 saturated heterocycles. The van der Waals surface area contributed by atoms with E-state index in [1.165, 1.54) is 5.57 Å². The highest BCUT2D eigenvalue weighted by Crippen LogP contribution is 2.36. The van der Waals surface area contributed by atoms with E-state index < -0.39 is 0 Å². The van der Waals surface area contributed by atoms with Crippen LogP contribution >= 0.6 is 11.6 Å². The van der Waals surface area contributed by atoms with Crippen LogP contribution in [0.4, 0.5) is 0 Å². The lowest BCUT2D eigenvalue weighted by molar-refractivity contribution is -0.117. The Kier molecular flexibility index (Phi) is 9.55. The Morgan fingerprint density at radius 2 is 2.03 bits per heavy atom. The average molecular weight is 421 g/mol. The van der Waals surface area contributed by atoms with Crippen molar-refractivity contribution in [3.8, 4) is 11.5 Å². The summed E-state index contributed by atoms with van der Waals surface area (Å²) < 4.78 is 11.0.